The zero-order chi connectivity index (χ0) is 12.5. The maximum Gasteiger partial charge on any atom is 0.0246 e. The fourth-order valence-electron chi connectivity index (χ4n) is 2.80. The molecule has 1 aliphatic heterocycles. The highest BCUT2D eigenvalue weighted by molar-refractivity contribution is 4.83. The van der Waals surface area contributed by atoms with Gasteiger partial charge in [0, 0.05) is 25.7 Å². The maximum absolute atomic E-state index is 3.55. The Balaban J connectivity index is 2.23. The number of rotatable bonds is 8. The Hall–Kier alpha value is -0.0800. The molecule has 1 heterocycles. The molecular formula is C15H32N2. The molecule has 0 aromatic carbocycles. The van der Waals surface area contributed by atoms with E-state index >= 15 is 0 Å². The minimum atomic E-state index is 0.778. The molecule has 1 aliphatic rings. The number of hydrogen-bond acceptors (Lipinski definition) is 2. The molecule has 0 aliphatic carbocycles. The largest absolute Gasteiger partial charge is 0.314 e. The topological polar surface area (TPSA) is 15.3 Å². The summed E-state index contributed by atoms with van der Waals surface area (Å²) in [6.07, 6.45) is 8.31. The Morgan fingerprint density at radius 1 is 1.18 bits per heavy atom. The Labute approximate surface area is 108 Å². The minimum Gasteiger partial charge on any atom is -0.314 e. The summed E-state index contributed by atoms with van der Waals surface area (Å²) in [5, 5.41) is 3.55. The van der Waals surface area contributed by atoms with Gasteiger partial charge in [-0.3, -0.25) is 4.90 Å². The lowest BCUT2D eigenvalue weighted by Crippen LogP contribution is -2.54. The summed E-state index contributed by atoms with van der Waals surface area (Å²) < 4.78 is 0. The van der Waals surface area contributed by atoms with Crippen LogP contribution < -0.4 is 5.32 Å². The molecule has 17 heavy (non-hydrogen) atoms. The van der Waals surface area contributed by atoms with Crippen LogP contribution in [0.1, 0.15) is 59.3 Å². The van der Waals surface area contributed by atoms with Crippen molar-refractivity contribution in [2.24, 2.45) is 5.92 Å². The van der Waals surface area contributed by atoms with E-state index in [0.717, 1.165) is 12.0 Å². The summed E-state index contributed by atoms with van der Waals surface area (Å²) in [5.41, 5.74) is 0. The first kappa shape index (κ1) is 15.0. The molecule has 0 spiro atoms. The fraction of sp³-hybridized carbons (Fsp3) is 1.00. The second-order valence-electron chi connectivity index (χ2n) is 5.61. The van der Waals surface area contributed by atoms with Gasteiger partial charge in [0.1, 0.15) is 0 Å². The van der Waals surface area contributed by atoms with Crippen molar-refractivity contribution in [3.63, 3.8) is 0 Å². The van der Waals surface area contributed by atoms with Crippen molar-refractivity contribution in [1.82, 2.24) is 10.2 Å². The zero-order valence-electron chi connectivity index (χ0n) is 12.2. The van der Waals surface area contributed by atoms with E-state index in [0.29, 0.717) is 0 Å². The van der Waals surface area contributed by atoms with Gasteiger partial charge in [-0.1, -0.05) is 52.9 Å². The van der Waals surface area contributed by atoms with Crippen molar-refractivity contribution < 1.29 is 0 Å². The molecule has 1 N–H and O–H groups in total. The van der Waals surface area contributed by atoms with Crippen LogP contribution in [0.2, 0.25) is 0 Å². The van der Waals surface area contributed by atoms with Gasteiger partial charge in [0.15, 0.2) is 0 Å². The van der Waals surface area contributed by atoms with Gasteiger partial charge in [-0.2, -0.15) is 0 Å². The molecule has 0 amide bonds. The predicted molar refractivity (Wildman–Crippen MR) is 76.4 cm³/mol. The van der Waals surface area contributed by atoms with Crippen LogP contribution >= 0.6 is 0 Å². The molecule has 0 aromatic heterocycles. The van der Waals surface area contributed by atoms with Crippen molar-refractivity contribution in [3.8, 4) is 0 Å². The molecule has 0 radical (unpaired) electrons. The van der Waals surface area contributed by atoms with Crippen LogP contribution in [0.15, 0.2) is 0 Å². The summed E-state index contributed by atoms with van der Waals surface area (Å²) >= 11 is 0. The molecule has 1 rings (SSSR count). The SMILES string of the molecule is CCCCCCCN1CCNCC1C(C)CC. The molecule has 0 aromatic rings. The third kappa shape index (κ3) is 5.39. The molecule has 2 atom stereocenters. The summed E-state index contributed by atoms with van der Waals surface area (Å²) in [6.45, 7) is 12.0. The molecule has 1 fully saturated rings. The Kier molecular flexibility index (Phi) is 7.87. The van der Waals surface area contributed by atoms with E-state index in [1.807, 2.05) is 0 Å². The standard InChI is InChI=1S/C15H32N2/c1-4-6-7-8-9-11-17-12-10-16-13-15(17)14(3)5-2/h14-16H,4-13H2,1-3H3. The third-order valence-electron chi connectivity index (χ3n) is 4.25. The van der Waals surface area contributed by atoms with Crippen LogP contribution in [0, 0.1) is 5.92 Å². The number of hydrogen-bond donors (Lipinski definition) is 1. The molecule has 2 heteroatoms. The lowest BCUT2D eigenvalue weighted by atomic mass is 9.95. The molecule has 2 unspecified atom stereocenters. The summed E-state index contributed by atoms with van der Waals surface area (Å²) in [7, 11) is 0. The van der Waals surface area contributed by atoms with E-state index in [4.69, 9.17) is 0 Å². The summed E-state index contributed by atoms with van der Waals surface area (Å²) in [4.78, 5) is 2.73. The second-order valence-corrected chi connectivity index (χ2v) is 5.61. The van der Waals surface area contributed by atoms with Gasteiger partial charge in [-0.15, -0.1) is 0 Å². The van der Waals surface area contributed by atoms with E-state index in [9.17, 15) is 0 Å². The lowest BCUT2D eigenvalue weighted by Gasteiger charge is -2.39. The van der Waals surface area contributed by atoms with E-state index in [1.165, 1.54) is 64.7 Å². The molecule has 102 valence electrons. The first-order valence-electron chi connectivity index (χ1n) is 7.74. The maximum atomic E-state index is 3.55. The fourth-order valence-corrected chi connectivity index (χ4v) is 2.80. The number of nitrogens with zero attached hydrogens (tertiary/aromatic N) is 1. The van der Waals surface area contributed by atoms with Crippen molar-refractivity contribution in [2.75, 3.05) is 26.2 Å². The van der Waals surface area contributed by atoms with Crippen LogP contribution in [0.3, 0.4) is 0 Å². The smallest absolute Gasteiger partial charge is 0.0246 e. The quantitative estimate of drug-likeness (QED) is 0.655. The van der Waals surface area contributed by atoms with Gasteiger partial charge >= 0.3 is 0 Å². The van der Waals surface area contributed by atoms with Gasteiger partial charge in [-0.25, -0.2) is 0 Å². The monoisotopic (exact) mass is 240 g/mol. The molecular weight excluding hydrogens is 208 g/mol. The average Bonchev–Trinajstić information content (AvgIpc) is 2.38. The van der Waals surface area contributed by atoms with E-state index in [-0.39, 0.29) is 0 Å². The van der Waals surface area contributed by atoms with Crippen molar-refractivity contribution in [1.29, 1.82) is 0 Å². The number of unbranched alkanes of at least 4 members (excludes halogenated alkanes) is 4. The van der Waals surface area contributed by atoms with E-state index in [2.05, 4.69) is 31.0 Å². The first-order valence-corrected chi connectivity index (χ1v) is 7.74. The van der Waals surface area contributed by atoms with Crippen LogP contribution in [0.25, 0.3) is 0 Å². The average molecular weight is 240 g/mol. The van der Waals surface area contributed by atoms with Crippen molar-refractivity contribution >= 4 is 0 Å². The van der Waals surface area contributed by atoms with E-state index < -0.39 is 0 Å². The van der Waals surface area contributed by atoms with E-state index in [1.54, 1.807) is 0 Å². The first-order chi connectivity index (χ1) is 8.29. The highest BCUT2D eigenvalue weighted by atomic mass is 15.2. The van der Waals surface area contributed by atoms with Gasteiger partial charge < -0.3 is 5.32 Å². The normalized spacial score (nSPS) is 23.8. The Bertz CT molecular complexity index is 182. The van der Waals surface area contributed by atoms with Gasteiger partial charge in [0.2, 0.25) is 0 Å². The van der Waals surface area contributed by atoms with Gasteiger partial charge in [0.25, 0.3) is 0 Å². The Morgan fingerprint density at radius 2 is 1.94 bits per heavy atom. The summed E-state index contributed by atoms with van der Waals surface area (Å²) in [6, 6.07) is 0.778. The zero-order valence-corrected chi connectivity index (χ0v) is 12.2. The Morgan fingerprint density at radius 3 is 2.65 bits per heavy atom. The van der Waals surface area contributed by atoms with Crippen molar-refractivity contribution in [3.05, 3.63) is 0 Å². The minimum absolute atomic E-state index is 0.778. The van der Waals surface area contributed by atoms with Crippen LogP contribution in [0.5, 0.6) is 0 Å². The molecule has 0 saturated carbocycles. The van der Waals surface area contributed by atoms with Gasteiger partial charge in [-0.05, 0) is 18.9 Å². The number of piperazine rings is 1. The highest BCUT2D eigenvalue weighted by Gasteiger charge is 2.25. The van der Waals surface area contributed by atoms with Crippen LogP contribution in [-0.4, -0.2) is 37.1 Å². The molecule has 0 bridgehead atoms. The third-order valence-corrected chi connectivity index (χ3v) is 4.25. The van der Waals surface area contributed by atoms with Crippen LogP contribution in [0.4, 0.5) is 0 Å². The number of nitrogens with one attached hydrogen (secondary N) is 1. The highest BCUT2D eigenvalue weighted by Crippen LogP contribution is 2.17. The molecule has 1 saturated heterocycles. The van der Waals surface area contributed by atoms with Crippen LogP contribution in [-0.2, 0) is 0 Å². The summed E-state index contributed by atoms with van der Waals surface area (Å²) in [5.74, 6) is 0.832. The lowest BCUT2D eigenvalue weighted by molar-refractivity contribution is 0.114. The van der Waals surface area contributed by atoms with Gasteiger partial charge in [0.05, 0.1) is 0 Å². The van der Waals surface area contributed by atoms with Crippen molar-refractivity contribution in [2.45, 2.75) is 65.3 Å². The second kappa shape index (κ2) is 8.93. The predicted octanol–water partition coefficient (Wildman–Crippen LogP) is 3.28. The molecule has 2 nitrogen and oxygen atoms in total.